The zero-order valence-electron chi connectivity index (χ0n) is 11.1. The van der Waals surface area contributed by atoms with E-state index in [1.54, 1.807) is 30.3 Å². The number of benzene rings is 2. The normalized spacial score (nSPS) is 10.2. The van der Waals surface area contributed by atoms with E-state index < -0.39 is 5.97 Å². The molecule has 4 nitrogen and oxygen atoms in total. The van der Waals surface area contributed by atoms with Crippen LogP contribution in [0, 0.1) is 0 Å². The van der Waals surface area contributed by atoms with Gasteiger partial charge in [-0.25, -0.2) is 4.79 Å². The van der Waals surface area contributed by atoms with Crippen LogP contribution in [0.5, 0.6) is 11.5 Å². The van der Waals surface area contributed by atoms with Crippen LogP contribution in [0.1, 0.15) is 15.9 Å². The van der Waals surface area contributed by atoms with E-state index in [0.717, 1.165) is 0 Å². The van der Waals surface area contributed by atoms with Crippen molar-refractivity contribution in [1.82, 2.24) is 0 Å². The number of aromatic carboxylic acids is 1. The van der Waals surface area contributed by atoms with Crippen LogP contribution >= 0.6 is 23.2 Å². The summed E-state index contributed by atoms with van der Waals surface area (Å²) in [6.07, 6.45) is 0. The zero-order chi connectivity index (χ0) is 15.4. The maximum absolute atomic E-state index is 11.2. The number of rotatable bonds is 5. The molecular weight excluding hydrogens is 315 g/mol. The van der Waals surface area contributed by atoms with Gasteiger partial charge in [0.1, 0.15) is 12.2 Å². The molecule has 0 aliphatic carbocycles. The van der Waals surface area contributed by atoms with Gasteiger partial charge in [0.05, 0.1) is 17.2 Å². The van der Waals surface area contributed by atoms with E-state index in [2.05, 4.69) is 0 Å². The molecule has 0 spiro atoms. The fraction of sp³-hybridized carbons (Fsp3) is 0.133. The molecule has 6 heteroatoms. The number of carboxylic acids is 1. The second-order valence-electron chi connectivity index (χ2n) is 4.14. The Morgan fingerprint density at radius 2 is 1.90 bits per heavy atom. The lowest BCUT2D eigenvalue weighted by molar-refractivity contribution is 0.0691. The minimum absolute atomic E-state index is 0.0208. The van der Waals surface area contributed by atoms with Gasteiger partial charge in [-0.15, -0.1) is 0 Å². The first-order chi connectivity index (χ1) is 10.0. The van der Waals surface area contributed by atoms with Crippen molar-refractivity contribution in [2.24, 2.45) is 0 Å². The van der Waals surface area contributed by atoms with Crippen LogP contribution in [0.2, 0.25) is 10.0 Å². The summed E-state index contributed by atoms with van der Waals surface area (Å²) in [6, 6.07) is 9.82. The third kappa shape index (κ3) is 3.40. The Hall–Kier alpha value is -1.91. The highest BCUT2D eigenvalue weighted by Crippen LogP contribution is 2.33. The van der Waals surface area contributed by atoms with Gasteiger partial charge in [-0.1, -0.05) is 41.4 Å². The molecular formula is C15H12Cl2O4. The smallest absolute Gasteiger partial charge is 0.339 e. The number of methoxy groups -OCH3 is 1. The van der Waals surface area contributed by atoms with Gasteiger partial charge in [0.2, 0.25) is 0 Å². The lowest BCUT2D eigenvalue weighted by Crippen LogP contribution is -2.05. The van der Waals surface area contributed by atoms with Crippen LogP contribution < -0.4 is 9.47 Å². The number of hydrogen-bond donors (Lipinski definition) is 1. The van der Waals surface area contributed by atoms with Crippen molar-refractivity contribution in [3.8, 4) is 11.5 Å². The molecule has 0 bridgehead atoms. The predicted molar refractivity (Wildman–Crippen MR) is 80.7 cm³/mol. The highest BCUT2D eigenvalue weighted by molar-refractivity contribution is 6.42. The van der Waals surface area contributed by atoms with E-state index in [9.17, 15) is 9.90 Å². The van der Waals surface area contributed by atoms with Crippen LogP contribution in [0.4, 0.5) is 0 Å². The maximum atomic E-state index is 11.2. The zero-order valence-corrected chi connectivity index (χ0v) is 12.6. The summed E-state index contributed by atoms with van der Waals surface area (Å²) in [5, 5.41) is 9.99. The second kappa shape index (κ2) is 6.70. The van der Waals surface area contributed by atoms with Crippen molar-refractivity contribution in [2.45, 2.75) is 6.61 Å². The van der Waals surface area contributed by atoms with E-state index in [1.165, 1.54) is 13.2 Å². The summed E-state index contributed by atoms with van der Waals surface area (Å²) < 4.78 is 10.7. The summed E-state index contributed by atoms with van der Waals surface area (Å²) in [5.41, 5.74) is 0.680. The largest absolute Gasteiger partial charge is 0.493 e. The third-order valence-electron chi connectivity index (χ3n) is 2.83. The number of ether oxygens (including phenoxy) is 2. The van der Waals surface area contributed by atoms with Gasteiger partial charge < -0.3 is 14.6 Å². The van der Waals surface area contributed by atoms with Crippen LogP contribution in [0.3, 0.4) is 0 Å². The van der Waals surface area contributed by atoms with E-state index >= 15 is 0 Å². The Bertz CT molecular complexity index is 671. The van der Waals surface area contributed by atoms with Crippen molar-refractivity contribution in [2.75, 3.05) is 7.11 Å². The van der Waals surface area contributed by atoms with Crippen molar-refractivity contribution < 1.29 is 19.4 Å². The highest BCUT2D eigenvalue weighted by atomic mass is 35.5. The predicted octanol–water partition coefficient (Wildman–Crippen LogP) is 4.28. The Balaban J connectivity index is 2.31. The molecule has 0 unspecified atom stereocenters. The molecule has 0 aliphatic heterocycles. The molecule has 0 saturated carbocycles. The summed E-state index contributed by atoms with van der Waals surface area (Å²) in [7, 11) is 1.44. The number of carbonyl (C=O) groups is 1. The molecule has 0 atom stereocenters. The van der Waals surface area contributed by atoms with Crippen molar-refractivity contribution in [3.63, 3.8) is 0 Å². The molecule has 21 heavy (non-hydrogen) atoms. The summed E-state index contributed by atoms with van der Waals surface area (Å²) in [4.78, 5) is 11.2. The SMILES string of the molecule is COc1cccc(C(=O)O)c1OCc1cccc(Cl)c1Cl. The first-order valence-corrected chi connectivity index (χ1v) is 6.76. The average Bonchev–Trinajstić information content (AvgIpc) is 2.48. The van der Waals surface area contributed by atoms with E-state index in [1.807, 2.05) is 0 Å². The van der Waals surface area contributed by atoms with Crippen molar-refractivity contribution in [1.29, 1.82) is 0 Å². The summed E-state index contributed by atoms with van der Waals surface area (Å²) in [6.45, 7) is 0.0834. The third-order valence-corrected chi connectivity index (χ3v) is 3.69. The minimum atomic E-state index is -1.10. The monoisotopic (exact) mass is 326 g/mol. The number of hydrogen-bond acceptors (Lipinski definition) is 3. The molecule has 2 rings (SSSR count). The first kappa shape index (κ1) is 15.5. The average molecular weight is 327 g/mol. The van der Waals surface area contributed by atoms with Gasteiger partial charge in [0, 0.05) is 5.56 Å². The maximum Gasteiger partial charge on any atom is 0.339 e. The standard InChI is InChI=1S/C15H12Cl2O4/c1-20-12-7-3-5-10(15(18)19)14(12)21-8-9-4-2-6-11(16)13(9)17/h2-7H,8H2,1H3,(H,18,19). The molecule has 0 fully saturated rings. The molecule has 2 aromatic carbocycles. The first-order valence-electron chi connectivity index (χ1n) is 6.00. The van der Waals surface area contributed by atoms with Crippen molar-refractivity contribution >= 4 is 29.2 Å². The van der Waals surface area contributed by atoms with E-state index in [-0.39, 0.29) is 17.9 Å². The van der Waals surface area contributed by atoms with Crippen LogP contribution in [0.15, 0.2) is 36.4 Å². The number of carboxylic acid groups (broad SMARTS) is 1. The highest BCUT2D eigenvalue weighted by Gasteiger charge is 2.17. The Morgan fingerprint density at radius 1 is 1.19 bits per heavy atom. The van der Waals surface area contributed by atoms with Gasteiger partial charge in [0.15, 0.2) is 11.5 Å². The molecule has 1 N–H and O–H groups in total. The van der Waals surface area contributed by atoms with Gasteiger partial charge >= 0.3 is 5.97 Å². The van der Waals surface area contributed by atoms with Gasteiger partial charge in [-0.2, -0.15) is 0 Å². The van der Waals surface area contributed by atoms with Gasteiger partial charge in [-0.05, 0) is 18.2 Å². The molecule has 0 aliphatic rings. The molecule has 0 amide bonds. The van der Waals surface area contributed by atoms with Crippen LogP contribution in [0.25, 0.3) is 0 Å². The Kier molecular flexibility index (Phi) is 4.94. The number of halogens is 2. The molecule has 0 aromatic heterocycles. The minimum Gasteiger partial charge on any atom is -0.493 e. The quantitative estimate of drug-likeness (QED) is 0.890. The van der Waals surface area contributed by atoms with Gasteiger partial charge in [-0.3, -0.25) is 0 Å². The Labute approximate surface area is 131 Å². The van der Waals surface area contributed by atoms with Crippen LogP contribution in [-0.4, -0.2) is 18.2 Å². The molecule has 2 aromatic rings. The molecule has 0 saturated heterocycles. The molecule has 0 radical (unpaired) electrons. The van der Waals surface area contributed by atoms with Crippen molar-refractivity contribution in [3.05, 3.63) is 57.6 Å². The second-order valence-corrected chi connectivity index (χ2v) is 4.93. The summed E-state index contributed by atoms with van der Waals surface area (Å²) >= 11 is 12.0. The molecule has 0 heterocycles. The Morgan fingerprint density at radius 3 is 2.57 bits per heavy atom. The van der Waals surface area contributed by atoms with E-state index in [0.29, 0.717) is 21.4 Å². The summed E-state index contributed by atoms with van der Waals surface area (Å²) in [5.74, 6) is -0.599. The number of para-hydroxylation sites is 1. The van der Waals surface area contributed by atoms with Crippen LogP contribution in [-0.2, 0) is 6.61 Å². The topological polar surface area (TPSA) is 55.8 Å². The lowest BCUT2D eigenvalue weighted by Gasteiger charge is -2.14. The molecule has 110 valence electrons. The van der Waals surface area contributed by atoms with Gasteiger partial charge in [0.25, 0.3) is 0 Å². The van der Waals surface area contributed by atoms with E-state index in [4.69, 9.17) is 32.7 Å². The lowest BCUT2D eigenvalue weighted by atomic mass is 10.2. The fourth-order valence-electron chi connectivity index (χ4n) is 1.80. The fourth-order valence-corrected chi connectivity index (χ4v) is 2.18.